The molecule has 0 spiro atoms. The highest BCUT2D eigenvalue weighted by atomic mass is 16.2. The van der Waals surface area contributed by atoms with E-state index in [0.29, 0.717) is 0 Å². The Bertz CT molecular complexity index is 161. The fourth-order valence-electron chi connectivity index (χ4n) is 0.674. The largest absolute Gasteiger partial charge is 0.294 e. The number of hydrogen-bond acceptors (Lipinski definition) is 2. The number of nitrogens with two attached hydrogens (primary N) is 1. The van der Waals surface area contributed by atoms with Crippen molar-refractivity contribution in [3.8, 4) is 0 Å². The lowest BCUT2D eigenvalue weighted by Crippen LogP contribution is -2.39. The van der Waals surface area contributed by atoms with Gasteiger partial charge in [0.05, 0.1) is 5.41 Å². The van der Waals surface area contributed by atoms with Crippen LogP contribution in [-0.4, -0.2) is 5.91 Å². The fraction of sp³-hybridized carbons (Fsp3) is 0.625. The SMILES string of the molecule is CC/C=C\C(C)(C)C(=O)NN. The lowest BCUT2D eigenvalue weighted by atomic mass is 9.92. The lowest BCUT2D eigenvalue weighted by molar-refractivity contribution is -0.127. The van der Waals surface area contributed by atoms with Crippen molar-refractivity contribution >= 4 is 5.91 Å². The molecule has 11 heavy (non-hydrogen) atoms. The molecule has 3 N–H and O–H groups in total. The Morgan fingerprint density at radius 3 is 2.55 bits per heavy atom. The zero-order valence-electron chi connectivity index (χ0n) is 7.35. The molecule has 0 radical (unpaired) electrons. The van der Waals surface area contributed by atoms with Gasteiger partial charge in [0.2, 0.25) is 5.91 Å². The normalized spacial score (nSPS) is 12.0. The van der Waals surface area contributed by atoms with E-state index in [1.54, 1.807) is 0 Å². The van der Waals surface area contributed by atoms with Crippen LogP contribution in [0.2, 0.25) is 0 Å². The minimum atomic E-state index is -0.495. The van der Waals surface area contributed by atoms with E-state index >= 15 is 0 Å². The molecule has 1 amide bonds. The molecule has 0 rings (SSSR count). The maximum absolute atomic E-state index is 11.1. The molecule has 0 heterocycles. The molecule has 64 valence electrons. The second-order valence-corrected chi connectivity index (χ2v) is 3.01. The number of hydrogen-bond donors (Lipinski definition) is 2. The summed E-state index contributed by atoms with van der Waals surface area (Å²) < 4.78 is 0. The third kappa shape index (κ3) is 3.18. The summed E-state index contributed by atoms with van der Waals surface area (Å²) in [5.41, 5.74) is 1.63. The Kier molecular flexibility index (Phi) is 3.82. The summed E-state index contributed by atoms with van der Waals surface area (Å²) >= 11 is 0. The van der Waals surface area contributed by atoms with E-state index in [-0.39, 0.29) is 5.91 Å². The van der Waals surface area contributed by atoms with Gasteiger partial charge in [-0.3, -0.25) is 10.2 Å². The molecule has 0 aliphatic rings. The maximum Gasteiger partial charge on any atom is 0.243 e. The second kappa shape index (κ2) is 4.13. The number of rotatable bonds is 3. The van der Waals surface area contributed by atoms with Gasteiger partial charge in [-0.25, -0.2) is 5.84 Å². The topological polar surface area (TPSA) is 55.1 Å². The summed E-state index contributed by atoms with van der Waals surface area (Å²) in [4.78, 5) is 11.1. The Morgan fingerprint density at radius 2 is 2.18 bits per heavy atom. The van der Waals surface area contributed by atoms with Gasteiger partial charge in [0.25, 0.3) is 0 Å². The van der Waals surface area contributed by atoms with Crippen molar-refractivity contribution in [2.45, 2.75) is 27.2 Å². The van der Waals surface area contributed by atoms with Crippen LogP contribution in [-0.2, 0) is 4.79 Å². The third-order valence-electron chi connectivity index (χ3n) is 1.49. The summed E-state index contributed by atoms with van der Waals surface area (Å²) in [6, 6.07) is 0. The van der Waals surface area contributed by atoms with E-state index in [0.717, 1.165) is 6.42 Å². The number of carbonyl (C=O) groups is 1. The van der Waals surface area contributed by atoms with Crippen LogP contribution in [0.4, 0.5) is 0 Å². The number of nitrogens with one attached hydrogen (secondary N) is 1. The molecule has 0 atom stereocenters. The van der Waals surface area contributed by atoms with E-state index in [2.05, 4.69) is 5.43 Å². The summed E-state index contributed by atoms with van der Waals surface area (Å²) in [5, 5.41) is 0. The Morgan fingerprint density at radius 1 is 1.64 bits per heavy atom. The van der Waals surface area contributed by atoms with Crippen LogP contribution in [0, 0.1) is 5.41 Å². The number of carbonyl (C=O) groups excluding carboxylic acids is 1. The van der Waals surface area contributed by atoms with Crippen LogP contribution in [0.1, 0.15) is 27.2 Å². The lowest BCUT2D eigenvalue weighted by Gasteiger charge is -2.16. The number of allylic oxidation sites excluding steroid dienone is 1. The predicted molar refractivity (Wildman–Crippen MR) is 45.5 cm³/mol. The summed E-state index contributed by atoms with van der Waals surface area (Å²) in [7, 11) is 0. The fourth-order valence-corrected chi connectivity index (χ4v) is 0.674. The maximum atomic E-state index is 11.1. The van der Waals surface area contributed by atoms with Crippen molar-refractivity contribution < 1.29 is 4.79 Å². The Balaban J connectivity index is 4.20. The average molecular weight is 156 g/mol. The van der Waals surface area contributed by atoms with E-state index in [9.17, 15) is 4.79 Å². The summed E-state index contributed by atoms with van der Waals surface area (Å²) in [5.74, 6) is 4.83. The van der Waals surface area contributed by atoms with Gasteiger partial charge in [-0.2, -0.15) is 0 Å². The minimum Gasteiger partial charge on any atom is -0.294 e. The first-order valence-corrected chi connectivity index (χ1v) is 3.73. The molecule has 3 nitrogen and oxygen atoms in total. The molecule has 0 fully saturated rings. The molecule has 0 aromatic heterocycles. The first-order chi connectivity index (χ1) is 5.04. The Labute approximate surface area is 67.6 Å². The van der Waals surface area contributed by atoms with Gasteiger partial charge >= 0.3 is 0 Å². The van der Waals surface area contributed by atoms with E-state index in [1.165, 1.54) is 0 Å². The van der Waals surface area contributed by atoms with Crippen molar-refractivity contribution in [2.24, 2.45) is 11.3 Å². The molecule has 3 heteroatoms. The van der Waals surface area contributed by atoms with Gasteiger partial charge in [0.1, 0.15) is 0 Å². The minimum absolute atomic E-state index is 0.165. The first-order valence-electron chi connectivity index (χ1n) is 3.73. The summed E-state index contributed by atoms with van der Waals surface area (Å²) in [6.45, 7) is 5.66. The molecule has 0 unspecified atom stereocenters. The van der Waals surface area contributed by atoms with Gasteiger partial charge in [0, 0.05) is 0 Å². The van der Waals surface area contributed by atoms with Gasteiger partial charge in [-0.05, 0) is 20.3 Å². The predicted octanol–water partition coefficient (Wildman–Crippen LogP) is 0.969. The zero-order chi connectivity index (χ0) is 8.91. The van der Waals surface area contributed by atoms with Crippen molar-refractivity contribution in [3.05, 3.63) is 12.2 Å². The highest BCUT2D eigenvalue weighted by Gasteiger charge is 2.22. The third-order valence-corrected chi connectivity index (χ3v) is 1.49. The first kappa shape index (κ1) is 10.2. The van der Waals surface area contributed by atoms with Crippen LogP contribution >= 0.6 is 0 Å². The second-order valence-electron chi connectivity index (χ2n) is 3.01. The standard InChI is InChI=1S/C8H16N2O/c1-4-5-6-8(2,3)7(11)10-9/h5-6H,4,9H2,1-3H3,(H,10,11)/b6-5-. The quantitative estimate of drug-likeness (QED) is 0.277. The number of hydrazine groups is 1. The van der Waals surface area contributed by atoms with Crippen LogP contribution in [0.25, 0.3) is 0 Å². The molecular formula is C8H16N2O. The Hall–Kier alpha value is -0.830. The van der Waals surface area contributed by atoms with Gasteiger partial charge < -0.3 is 0 Å². The highest BCUT2D eigenvalue weighted by Crippen LogP contribution is 2.16. The molecular weight excluding hydrogens is 140 g/mol. The van der Waals surface area contributed by atoms with Crippen LogP contribution in [0.3, 0.4) is 0 Å². The number of amides is 1. The monoisotopic (exact) mass is 156 g/mol. The smallest absolute Gasteiger partial charge is 0.243 e. The van der Waals surface area contributed by atoms with E-state index in [4.69, 9.17) is 5.84 Å². The van der Waals surface area contributed by atoms with Crippen LogP contribution < -0.4 is 11.3 Å². The van der Waals surface area contributed by atoms with Gasteiger partial charge in [-0.1, -0.05) is 19.1 Å². The molecule has 0 aliphatic heterocycles. The van der Waals surface area contributed by atoms with Crippen molar-refractivity contribution in [1.29, 1.82) is 0 Å². The van der Waals surface area contributed by atoms with Crippen molar-refractivity contribution in [1.82, 2.24) is 5.43 Å². The van der Waals surface area contributed by atoms with E-state index in [1.807, 2.05) is 32.9 Å². The molecule has 0 aromatic rings. The molecule has 0 saturated heterocycles. The molecule has 0 aromatic carbocycles. The van der Waals surface area contributed by atoms with Gasteiger partial charge in [0.15, 0.2) is 0 Å². The van der Waals surface area contributed by atoms with Crippen LogP contribution in [0.5, 0.6) is 0 Å². The van der Waals surface area contributed by atoms with E-state index < -0.39 is 5.41 Å². The zero-order valence-corrected chi connectivity index (χ0v) is 7.35. The molecule has 0 aliphatic carbocycles. The van der Waals surface area contributed by atoms with Gasteiger partial charge in [-0.15, -0.1) is 0 Å². The molecule has 0 bridgehead atoms. The van der Waals surface area contributed by atoms with Crippen molar-refractivity contribution in [3.63, 3.8) is 0 Å². The molecule has 0 saturated carbocycles. The summed E-state index contributed by atoms with van der Waals surface area (Å²) in [6.07, 6.45) is 4.74. The van der Waals surface area contributed by atoms with Crippen LogP contribution in [0.15, 0.2) is 12.2 Å². The highest BCUT2D eigenvalue weighted by molar-refractivity contribution is 5.83. The average Bonchev–Trinajstić information content (AvgIpc) is 1.99. The van der Waals surface area contributed by atoms with Crippen molar-refractivity contribution in [2.75, 3.05) is 0 Å².